The highest BCUT2D eigenvalue weighted by Gasteiger charge is 1.99. The monoisotopic (exact) mass is 259 g/mol. The van der Waals surface area contributed by atoms with Gasteiger partial charge in [0.2, 0.25) is 0 Å². The van der Waals surface area contributed by atoms with E-state index in [1.54, 1.807) is 0 Å². The van der Waals surface area contributed by atoms with E-state index in [1.807, 2.05) is 0 Å². The molecular weight excluding hydrogens is 249 g/mol. The summed E-state index contributed by atoms with van der Waals surface area (Å²) < 4.78 is 13.4. The van der Waals surface area contributed by atoms with Crippen LogP contribution >= 0.6 is 0 Å². The molecular formula is C13H10FN3O2. The number of nitrogens with zero attached hydrogens (tertiary/aromatic N) is 3. The molecule has 0 unspecified atom stereocenters. The van der Waals surface area contributed by atoms with Crippen LogP contribution in [0, 0.1) is 17.7 Å². The number of carboxylic acids is 1. The highest BCUT2D eigenvalue weighted by molar-refractivity contribution is 5.85. The molecule has 0 aliphatic carbocycles. The summed E-state index contributed by atoms with van der Waals surface area (Å²) >= 11 is 0. The van der Waals surface area contributed by atoms with Crippen LogP contribution in [0.15, 0.2) is 29.4 Å². The minimum atomic E-state index is -1.15. The third-order valence-corrected chi connectivity index (χ3v) is 2.03. The molecule has 1 aromatic rings. The van der Waals surface area contributed by atoms with Crippen LogP contribution in [-0.4, -0.2) is 17.6 Å². The fraction of sp³-hybridized carbons (Fsp3) is 0.154. The largest absolute Gasteiger partial charge is 0.478 e. The Kier molecular flexibility index (Phi) is 5.67. The standard InChI is InChI=1S/C13H10FN3O2/c14-12-6-4-10(3-1-2-8-16-17-15)9-11(12)5-7-13(18)19/h4-7,9H,2,8H2,(H,18,19)/b7-5+. The molecule has 0 bridgehead atoms. The number of rotatable bonds is 4. The number of azide groups is 1. The van der Waals surface area contributed by atoms with Crippen molar-refractivity contribution in [2.75, 3.05) is 6.54 Å². The lowest BCUT2D eigenvalue weighted by Crippen LogP contribution is -1.88. The molecule has 0 aromatic heterocycles. The number of hydrogen-bond acceptors (Lipinski definition) is 2. The first-order chi connectivity index (χ1) is 9.13. The summed E-state index contributed by atoms with van der Waals surface area (Å²) in [6, 6.07) is 4.17. The van der Waals surface area contributed by atoms with Gasteiger partial charge in [-0.15, -0.1) is 0 Å². The van der Waals surface area contributed by atoms with Gasteiger partial charge in [-0.2, -0.15) is 0 Å². The highest BCUT2D eigenvalue weighted by atomic mass is 19.1. The van der Waals surface area contributed by atoms with Crippen LogP contribution in [0.5, 0.6) is 0 Å². The maximum Gasteiger partial charge on any atom is 0.328 e. The molecule has 0 heterocycles. The Hall–Kier alpha value is -2.77. The Morgan fingerprint density at radius 3 is 3.05 bits per heavy atom. The second kappa shape index (κ2) is 7.54. The zero-order valence-corrected chi connectivity index (χ0v) is 9.88. The van der Waals surface area contributed by atoms with Crippen molar-refractivity contribution in [2.24, 2.45) is 5.11 Å². The summed E-state index contributed by atoms with van der Waals surface area (Å²) in [6.07, 6.45) is 2.43. The molecule has 1 N–H and O–H groups in total. The van der Waals surface area contributed by atoms with Gasteiger partial charge in [0.05, 0.1) is 0 Å². The molecule has 0 saturated heterocycles. The van der Waals surface area contributed by atoms with Crippen LogP contribution in [-0.2, 0) is 4.79 Å². The van der Waals surface area contributed by atoms with Crippen molar-refractivity contribution >= 4 is 12.0 Å². The molecule has 1 rings (SSSR count). The summed E-state index contributed by atoms with van der Waals surface area (Å²) in [5.74, 6) is 3.88. The average Bonchev–Trinajstić information content (AvgIpc) is 2.38. The first kappa shape index (κ1) is 14.3. The zero-order chi connectivity index (χ0) is 14.1. The number of aliphatic carboxylic acids is 1. The Labute approximate surface area is 109 Å². The van der Waals surface area contributed by atoms with Gasteiger partial charge < -0.3 is 5.11 Å². The molecule has 0 amide bonds. The normalized spacial score (nSPS) is 9.53. The lowest BCUT2D eigenvalue weighted by molar-refractivity contribution is -0.131. The van der Waals surface area contributed by atoms with Crippen LogP contribution in [0.4, 0.5) is 4.39 Å². The number of hydrogen-bond donors (Lipinski definition) is 1. The molecule has 19 heavy (non-hydrogen) atoms. The van der Waals surface area contributed by atoms with Crippen molar-refractivity contribution < 1.29 is 14.3 Å². The van der Waals surface area contributed by atoms with Crippen LogP contribution in [0.2, 0.25) is 0 Å². The van der Waals surface area contributed by atoms with Crippen molar-refractivity contribution in [1.29, 1.82) is 0 Å². The van der Waals surface area contributed by atoms with Gasteiger partial charge in [0.25, 0.3) is 0 Å². The van der Waals surface area contributed by atoms with Crippen LogP contribution in [0.3, 0.4) is 0 Å². The molecule has 0 fully saturated rings. The minimum Gasteiger partial charge on any atom is -0.478 e. The first-order valence-electron chi connectivity index (χ1n) is 5.34. The second-order valence-electron chi connectivity index (χ2n) is 3.41. The Bertz CT molecular complexity index is 608. The third-order valence-electron chi connectivity index (χ3n) is 2.03. The van der Waals surface area contributed by atoms with Crippen LogP contribution in [0.1, 0.15) is 17.5 Å². The SMILES string of the molecule is [N-]=[N+]=NCCC#Cc1ccc(F)c(/C=C/C(=O)O)c1. The second-order valence-corrected chi connectivity index (χ2v) is 3.41. The quantitative estimate of drug-likeness (QED) is 0.225. The van der Waals surface area contributed by atoms with Gasteiger partial charge >= 0.3 is 5.97 Å². The van der Waals surface area contributed by atoms with E-state index in [2.05, 4.69) is 21.9 Å². The number of benzene rings is 1. The van der Waals surface area contributed by atoms with Gasteiger partial charge in [0.15, 0.2) is 0 Å². The van der Waals surface area contributed by atoms with E-state index in [-0.39, 0.29) is 12.1 Å². The number of carboxylic acid groups (broad SMARTS) is 1. The van der Waals surface area contributed by atoms with Crippen LogP contribution in [0.25, 0.3) is 16.5 Å². The van der Waals surface area contributed by atoms with E-state index in [0.717, 1.165) is 6.08 Å². The predicted molar refractivity (Wildman–Crippen MR) is 68.6 cm³/mol. The molecule has 96 valence electrons. The fourth-order valence-corrected chi connectivity index (χ4v) is 1.23. The number of halogens is 1. The maximum atomic E-state index is 13.4. The number of carbonyl (C=O) groups is 1. The first-order valence-corrected chi connectivity index (χ1v) is 5.34. The maximum absolute atomic E-state index is 13.4. The van der Waals surface area contributed by atoms with Crippen molar-refractivity contribution in [2.45, 2.75) is 6.42 Å². The summed E-state index contributed by atoms with van der Waals surface area (Å²) in [5.41, 5.74) is 8.79. The summed E-state index contributed by atoms with van der Waals surface area (Å²) in [6.45, 7) is 0.274. The zero-order valence-electron chi connectivity index (χ0n) is 9.88. The molecule has 0 atom stereocenters. The van der Waals surface area contributed by atoms with E-state index < -0.39 is 11.8 Å². The molecule has 6 heteroatoms. The molecule has 0 saturated carbocycles. The summed E-state index contributed by atoms with van der Waals surface area (Å²) in [5, 5.41) is 11.8. The third kappa shape index (κ3) is 5.39. The van der Waals surface area contributed by atoms with Crippen molar-refractivity contribution in [3.8, 4) is 11.8 Å². The smallest absolute Gasteiger partial charge is 0.328 e. The summed E-state index contributed by atoms with van der Waals surface area (Å²) in [7, 11) is 0. The molecule has 1 aromatic carbocycles. The lowest BCUT2D eigenvalue weighted by atomic mass is 10.1. The Morgan fingerprint density at radius 2 is 2.37 bits per heavy atom. The van der Waals surface area contributed by atoms with E-state index >= 15 is 0 Å². The molecule has 0 radical (unpaired) electrons. The van der Waals surface area contributed by atoms with Gasteiger partial charge in [-0.3, -0.25) is 0 Å². The van der Waals surface area contributed by atoms with Crippen molar-refractivity contribution in [1.82, 2.24) is 0 Å². The molecule has 0 spiro atoms. The molecule has 5 nitrogen and oxygen atoms in total. The summed E-state index contributed by atoms with van der Waals surface area (Å²) in [4.78, 5) is 13.0. The average molecular weight is 259 g/mol. The minimum absolute atomic E-state index is 0.157. The lowest BCUT2D eigenvalue weighted by Gasteiger charge is -1.97. The van der Waals surface area contributed by atoms with Crippen molar-refractivity contribution in [3.05, 3.63) is 51.7 Å². The molecule has 0 aliphatic heterocycles. The highest BCUT2D eigenvalue weighted by Crippen LogP contribution is 2.11. The van der Waals surface area contributed by atoms with Crippen molar-refractivity contribution in [3.63, 3.8) is 0 Å². The van der Waals surface area contributed by atoms with E-state index in [0.29, 0.717) is 12.0 Å². The Balaban J connectivity index is 2.83. The van der Waals surface area contributed by atoms with Gasteiger partial charge in [-0.1, -0.05) is 17.0 Å². The van der Waals surface area contributed by atoms with Gasteiger partial charge in [-0.25, -0.2) is 9.18 Å². The Morgan fingerprint density at radius 1 is 1.58 bits per heavy atom. The van der Waals surface area contributed by atoms with E-state index in [9.17, 15) is 9.18 Å². The fourth-order valence-electron chi connectivity index (χ4n) is 1.23. The van der Waals surface area contributed by atoms with Crippen LogP contribution < -0.4 is 0 Å². The van der Waals surface area contributed by atoms with Gasteiger partial charge in [-0.05, 0) is 29.8 Å². The molecule has 0 aliphatic rings. The van der Waals surface area contributed by atoms with E-state index in [4.69, 9.17) is 10.6 Å². The topological polar surface area (TPSA) is 86.1 Å². The van der Waals surface area contributed by atoms with Gasteiger partial charge in [0.1, 0.15) is 5.82 Å². The predicted octanol–water partition coefficient (Wildman–Crippen LogP) is 2.98. The van der Waals surface area contributed by atoms with E-state index in [1.165, 1.54) is 24.3 Å². The van der Waals surface area contributed by atoms with Gasteiger partial charge in [0, 0.05) is 35.1 Å².